The molecule has 1 atom stereocenters. The Balaban J connectivity index is 2.43. The summed E-state index contributed by atoms with van der Waals surface area (Å²) in [4.78, 5) is 22.8. The van der Waals surface area contributed by atoms with E-state index in [0.717, 1.165) is 12.0 Å². The minimum Gasteiger partial charge on any atom is -0.480 e. The third kappa shape index (κ3) is 6.33. The number of aliphatic carboxylic acids is 1. The molecule has 0 aliphatic heterocycles. The summed E-state index contributed by atoms with van der Waals surface area (Å²) in [6, 6.07) is 8.32. The molecule has 0 spiro atoms. The summed E-state index contributed by atoms with van der Waals surface area (Å²) in [5.41, 5.74) is 0.877. The Kier molecular flexibility index (Phi) is 7.35. The molecule has 1 amide bonds. The van der Waals surface area contributed by atoms with Gasteiger partial charge < -0.3 is 15.2 Å². The highest BCUT2D eigenvalue weighted by Crippen LogP contribution is 2.03. The SMILES string of the molecule is CCCOCCC(=O)N[C@@H](Cc1ccccc1)C(=O)O. The first-order valence-corrected chi connectivity index (χ1v) is 6.77. The fourth-order valence-electron chi connectivity index (χ4n) is 1.73. The van der Waals surface area contributed by atoms with Gasteiger partial charge in [-0.15, -0.1) is 0 Å². The Morgan fingerprint density at radius 3 is 2.55 bits per heavy atom. The van der Waals surface area contributed by atoms with Crippen molar-refractivity contribution in [2.75, 3.05) is 13.2 Å². The molecule has 5 nitrogen and oxygen atoms in total. The lowest BCUT2D eigenvalue weighted by molar-refractivity contribution is -0.141. The second-order valence-electron chi connectivity index (χ2n) is 4.51. The lowest BCUT2D eigenvalue weighted by Gasteiger charge is -2.14. The molecule has 1 rings (SSSR count). The van der Waals surface area contributed by atoms with Crippen LogP contribution in [0.2, 0.25) is 0 Å². The van der Waals surface area contributed by atoms with E-state index in [0.29, 0.717) is 13.2 Å². The monoisotopic (exact) mass is 279 g/mol. The lowest BCUT2D eigenvalue weighted by atomic mass is 10.1. The molecular formula is C15H21NO4. The zero-order chi connectivity index (χ0) is 14.8. The van der Waals surface area contributed by atoms with E-state index in [1.54, 1.807) is 0 Å². The predicted molar refractivity (Wildman–Crippen MR) is 75.4 cm³/mol. The molecule has 2 N–H and O–H groups in total. The number of carboxylic acids is 1. The molecule has 0 bridgehead atoms. The van der Waals surface area contributed by atoms with Crippen molar-refractivity contribution in [1.82, 2.24) is 5.32 Å². The van der Waals surface area contributed by atoms with Crippen LogP contribution in [-0.2, 0) is 20.7 Å². The maximum Gasteiger partial charge on any atom is 0.326 e. The second kappa shape index (κ2) is 9.09. The van der Waals surface area contributed by atoms with Gasteiger partial charge in [0.25, 0.3) is 0 Å². The molecule has 110 valence electrons. The molecule has 0 aliphatic carbocycles. The van der Waals surface area contributed by atoms with Gasteiger partial charge in [-0.05, 0) is 12.0 Å². The van der Waals surface area contributed by atoms with E-state index in [-0.39, 0.29) is 18.7 Å². The number of amides is 1. The summed E-state index contributed by atoms with van der Waals surface area (Å²) in [7, 11) is 0. The Morgan fingerprint density at radius 2 is 1.95 bits per heavy atom. The Morgan fingerprint density at radius 1 is 1.25 bits per heavy atom. The molecule has 0 radical (unpaired) electrons. The number of carboxylic acid groups (broad SMARTS) is 1. The smallest absolute Gasteiger partial charge is 0.326 e. The average Bonchev–Trinajstić information content (AvgIpc) is 2.44. The minimum absolute atomic E-state index is 0.179. The van der Waals surface area contributed by atoms with E-state index in [1.165, 1.54) is 0 Å². The normalized spacial score (nSPS) is 11.8. The largest absolute Gasteiger partial charge is 0.480 e. The Hall–Kier alpha value is -1.88. The molecular weight excluding hydrogens is 258 g/mol. The summed E-state index contributed by atoms with van der Waals surface area (Å²) in [6.45, 7) is 2.91. The molecule has 0 heterocycles. The van der Waals surface area contributed by atoms with Crippen LogP contribution in [0.5, 0.6) is 0 Å². The molecule has 20 heavy (non-hydrogen) atoms. The highest BCUT2D eigenvalue weighted by molar-refractivity contribution is 5.83. The molecule has 0 saturated carbocycles. The molecule has 0 unspecified atom stereocenters. The highest BCUT2D eigenvalue weighted by Gasteiger charge is 2.19. The lowest BCUT2D eigenvalue weighted by Crippen LogP contribution is -2.42. The first-order valence-electron chi connectivity index (χ1n) is 6.77. The van der Waals surface area contributed by atoms with Gasteiger partial charge in [0.2, 0.25) is 5.91 Å². The zero-order valence-corrected chi connectivity index (χ0v) is 11.7. The number of hydrogen-bond donors (Lipinski definition) is 2. The fraction of sp³-hybridized carbons (Fsp3) is 0.467. The Labute approximate surface area is 118 Å². The van der Waals surface area contributed by atoms with Gasteiger partial charge in [-0.25, -0.2) is 4.79 Å². The molecule has 0 aromatic heterocycles. The second-order valence-corrected chi connectivity index (χ2v) is 4.51. The van der Waals surface area contributed by atoms with Crippen LogP contribution in [0.25, 0.3) is 0 Å². The van der Waals surface area contributed by atoms with Gasteiger partial charge in [0.15, 0.2) is 0 Å². The van der Waals surface area contributed by atoms with Crippen LogP contribution in [0, 0.1) is 0 Å². The van der Waals surface area contributed by atoms with Crippen LogP contribution in [0.4, 0.5) is 0 Å². The van der Waals surface area contributed by atoms with Crippen molar-refractivity contribution in [2.24, 2.45) is 0 Å². The van der Waals surface area contributed by atoms with Crippen LogP contribution in [0.3, 0.4) is 0 Å². The van der Waals surface area contributed by atoms with Crippen LogP contribution < -0.4 is 5.32 Å². The first-order chi connectivity index (χ1) is 9.63. The number of carbonyl (C=O) groups is 2. The van der Waals surface area contributed by atoms with E-state index in [9.17, 15) is 9.59 Å². The zero-order valence-electron chi connectivity index (χ0n) is 11.7. The van der Waals surface area contributed by atoms with Gasteiger partial charge in [-0.1, -0.05) is 37.3 Å². The van der Waals surface area contributed by atoms with Gasteiger partial charge in [0, 0.05) is 19.4 Å². The average molecular weight is 279 g/mol. The number of benzene rings is 1. The molecule has 0 saturated heterocycles. The van der Waals surface area contributed by atoms with Crippen LogP contribution in [-0.4, -0.2) is 36.2 Å². The Bertz CT molecular complexity index is 419. The number of nitrogens with one attached hydrogen (secondary N) is 1. The predicted octanol–water partition coefficient (Wildman–Crippen LogP) is 1.62. The van der Waals surface area contributed by atoms with Crippen LogP contribution >= 0.6 is 0 Å². The van der Waals surface area contributed by atoms with Crippen molar-refractivity contribution in [1.29, 1.82) is 0 Å². The number of carbonyl (C=O) groups excluding carboxylic acids is 1. The van der Waals surface area contributed by atoms with Crippen LogP contribution in [0.1, 0.15) is 25.3 Å². The van der Waals surface area contributed by atoms with Gasteiger partial charge in [0.1, 0.15) is 6.04 Å². The van der Waals surface area contributed by atoms with E-state index >= 15 is 0 Å². The summed E-state index contributed by atoms with van der Waals surface area (Å²) in [6.07, 6.45) is 1.35. The van der Waals surface area contributed by atoms with Crippen molar-refractivity contribution in [2.45, 2.75) is 32.2 Å². The topological polar surface area (TPSA) is 75.6 Å². The van der Waals surface area contributed by atoms with Crippen molar-refractivity contribution in [3.05, 3.63) is 35.9 Å². The van der Waals surface area contributed by atoms with Gasteiger partial charge >= 0.3 is 5.97 Å². The number of ether oxygens (including phenoxy) is 1. The fourth-order valence-corrected chi connectivity index (χ4v) is 1.73. The van der Waals surface area contributed by atoms with Gasteiger partial charge in [0.05, 0.1) is 6.61 Å². The van der Waals surface area contributed by atoms with E-state index < -0.39 is 12.0 Å². The summed E-state index contributed by atoms with van der Waals surface area (Å²) < 4.78 is 5.21. The van der Waals surface area contributed by atoms with Gasteiger partial charge in [-0.3, -0.25) is 4.79 Å². The summed E-state index contributed by atoms with van der Waals surface area (Å²) in [5.74, 6) is -1.33. The maximum absolute atomic E-state index is 11.7. The third-order valence-electron chi connectivity index (χ3n) is 2.74. The molecule has 1 aromatic rings. The van der Waals surface area contributed by atoms with Crippen molar-refractivity contribution < 1.29 is 19.4 Å². The van der Waals surface area contributed by atoms with Crippen molar-refractivity contribution in [3.63, 3.8) is 0 Å². The molecule has 1 aromatic carbocycles. The number of hydrogen-bond acceptors (Lipinski definition) is 3. The van der Waals surface area contributed by atoms with Gasteiger partial charge in [-0.2, -0.15) is 0 Å². The maximum atomic E-state index is 11.7. The third-order valence-corrected chi connectivity index (χ3v) is 2.74. The molecule has 5 heteroatoms. The van der Waals surface area contributed by atoms with E-state index in [4.69, 9.17) is 9.84 Å². The summed E-state index contributed by atoms with van der Waals surface area (Å²) >= 11 is 0. The van der Waals surface area contributed by atoms with E-state index in [2.05, 4.69) is 5.32 Å². The highest BCUT2D eigenvalue weighted by atomic mass is 16.5. The molecule has 0 aliphatic rings. The quantitative estimate of drug-likeness (QED) is 0.673. The standard InChI is InChI=1S/C15H21NO4/c1-2-9-20-10-8-14(17)16-13(15(18)19)11-12-6-4-3-5-7-12/h3-7,13H,2,8-11H2,1H3,(H,16,17)(H,18,19)/t13-/m0/s1. The van der Waals surface area contributed by atoms with E-state index in [1.807, 2.05) is 37.3 Å². The first kappa shape index (κ1) is 16.2. The minimum atomic E-state index is -1.03. The van der Waals surface area contributed by atoms with Crippen LogP contribution in [0.15, 0.2) is 30.3 Å². The number of rotatable bonds is 9. The van der Waals surface area contributed by atoms with Crippen molar-refractivity contribution in [3.8, 4) is 0 Å². The molecule has 0 fully saturated rings. The van der Waals surface area contributed by atoms with Crippen molar-refractivity contribution >= 4 is 11.9 Å². The summed E-state index contributed by atoms with van der Waals surface area (Å²) in [5, 5.41) is 11.7.